The molecule has 0 aromatic carbocycles. The zero-order valence-electron chi connectivity index (χ0n) is 13.3. The van der Waals surface area contributed by atoms with E-state index in [1.165, 1.54) is 0 Å². The summed E-state index contributed by atoms with van der Waals surface area (Å²) in [5.41, 5.74) is 0. The average molecular weight is 315 g/mol. The van der Waals surface area contributed by atoms with Gasteiger partial charge in [0.15, 0.2) is 0 Å². The smallest absolute Gasteiger partial charge is 0.224 e. The minimum absolute atomic E-state index is 0.283. The number of amides is 1. The summed E-state index contributed by atoms with van der Waals surface area (Å²) in [4.78, 5) is 16.8. The van der Waals surface area contributed by atoms with Crippen LogP contribution in [0, 0.1) is 0 Å². The molecule has 6 heteroatoms. The van der Waals surface area contributed by atoms with Gasteiger partial charge in [-0.2, -0.15) is 11.8 Å². The third-order valence-electron chi connectivity index (χ3n) is 4.35. The van der Waals surface area contributed by atoms with Gasteiger partial charge in [0.2, 0.25) is 5.91 Å². The number of hydrogen-bond acceptors (Lipinski definition) is 5. The number of carbonyl (C=O) groups excluding carboxylic acids is 1. The van der Waals surface area contributed by atoms with Crippen LogP contribution >= 0.6 is 11.8 Å². The molecular weight excluding hydrogens is 286 g/mol. The van der Waals surface area contributed by atoms with Crippen molar-refractivity contribution < 1.29 is 9.90 Å². The second-order valence-corrected chi connectivity index (χ2v) is 7.33. The highest BCUT2D eigenvalue weighted by molar-refractivity contribution is 7.99. The van der Waals surface area contributed by atoms with Crippen molar-refractivity contribution in [2.75, 3.05) is 44.2 Å². The van der Waals surface area contributed by atoms with E-state index in [-0.39, 0.29) is 12.0 Å². The van der Waals surface area contributed by atoms with Crippen LogP contribution in [0.15, 0.2) is 0 Å². The van der Waals surface area contributed by atoms with E-state index < -0.39 is 0 Å². The minimum atomic E-state index is -0.301. The molecule has 21 heavy (non-hydrogen) atoms. The maximum absolute atomic E-state index is 12.5. The molecule has 2 N–H and O–H groups in total. The van der Waals surface area contributed by atoms with Crippen molar-refractivity contribution in [1.82, 2.24) is 15.1 Å². The van der Waals surface area contributed by atoms with Gasteiger partial charge in [0.25, 0.3) is 0 Å². The number of hydrogen-bond donors (Lipinski definition) is 2. The normalized spacial score (nSPS) is 29.4. The molecule has 0 spiro atoms. The molecule has 0 aromatic rings. The zero-order chi connectivity index (χ0) is 15.2. The summed E-state index contributed by atoms with van der Waals surface area (Å²) in [6, 6.07) is 0.720. The second kappa shape index (κ2) is 8.36. The summed E-state index contributed by atoms with van der Waals surface area (Å²) in [5.74, 6) is 2.48. The molecule has 2 fully saturated rings. The molecule has 5 nitrogen and oxygen atoms in total. The molecule has 0 aromatic heterocycles. The quantitative estimate of drug-likeness (QED) is 0.768. The molecule has 2 heterocycles. The third kappa shape index (κ3) is 5.13. The standard InChI is InChI=1S/C15H29N3O2S/c1-3-14-10-18(6-5-17(14)9-12(2)19)15(20)8-13-11-21-7-4-16-13/h12-14,16,19H,3-11H2,1-2H3. The van der Waals surface area contributed by atoms with Crippen LogP contribution in [0.4, 0.5) is 0 Å². The monoisotopic (exact) mass is 315 g/mol. The van der Waals surface area contributed by atoms with Crippen LogP contribution in [0.25, 0.3) is 0 Å². The molecule has 0 bridgehead atoms. The van der Waals surface area contributed by atoms with Gasteiger partial charge in [0.05, 0.1) is 6.10 Å². The first-order chi connectivity index (χ1) is 10.1. The fourth-order valence-corrected chi connectivity index (χ4v) is 4.13. The van der Waals surface area contributed by atoms with Gasteiger partial charge in [-0.3, -0.25) is 9.69 Å². The Morgan fingerprint density at radius 1 is 1.48 bits per heavy atom. The molecular formula is C15H29N3O2S. The lowest BCUT2D eigenvalue weighted by atomic mass is 10.1. The van der Waals surface area contributed by atoms with Crippen molar-refractivity contribution in [3.05, 3.63) is 0 Å². The first-order valence-corrected chi connectivity index (χ1v) is 9.26. The van der Waals surface area contributed by atoms with Gasteiger partial charge in [0.1, 0.15) is 0 Å². The van der Waals surface area contributed by atoms with E-state index in [4.69, 9.17) is 0 Å². The largest absolute Gasteiger partial charge is 0.392 e. The number of carbonyl (C=O) groups is 1. The first kappa shape index (κ1) is 17.1. The molecule has 2 rings (SSSR count). The number of thioether (sulfide) groups is 1. The number of nitrogens with one attached hydrogen (secondary N) is 1. The molecule has 0 radical (unpaired) electrons. The fraction of sp³-hybridized carbons (Fsp3) is 0.933. The third-order valence-corrected chi connectivity index (χ3v) is 5.48. The Kier molecular flexibility index (Phi) is 6.79. The highest BCUT2D eigenvalue weighted by Crippen LogP contribution is 2.16. The topological polar surface area (TPSA) is 55.8 Å². The van der Waals surface area contributed by atoms with E-state index in [0.717, 1.165) is 44.1 Å². The highest BCUT2D eigenvalue weighted by atomic mass is 32.2. The van der Waals surface area contributed by atoms with Gasteiger partial charge in [0, 0.05) is 62.7 Å². The number of β-amino-alcohol motifs (C(OH)–C–C–N with tert-alkyl or cyclic N) is 1. The average Bonchev–Trinajstić information content (AvgIpc) is 2.48. The van der Waals surface area contributed by atoms with Crippen molar-refractivity contribution in [1.29, 1.82) is 0 Å². The molecule has 2 aliphatic rings. The van der Waals surface area contributed by atoms with Gasteiger partial charge in [-0.1, -0.05) is 6.92 Å². The number of nitrogens with zero attached hydrogens (tertiary/aromatic N) is 2. The molecule has 1 amide bonds. The van der Waals surface area contributed by atoms with Crippen LogP contribution < -0.4 is 5.32 Å². The molecule has 122 valence electrons. The number of rotatable bonds is 5. The Bertz CT molecular complexity index is 335. The molecule has 0 saturated carbocycles. The summed E-state index contributed by atoms with van der Waals surface area (Å²) < 4.78 is 0. The van der Waals surface area contributed by atoms with Crippen LogP contribution in [-0.2, 0) is 4.79 Å². The maximum atomic E-state index is 12.5. The first-order valence-electron chi connectivity index (χ1n) is 8.11. The van der Waals surface area contributed by atoms with Crippen LogP contribution in [0.1, 0.15) is 26.7 Å². The summed E-state index contributed by atoms with van der Waals surface area (Å²) in [5, 5.41) is 13.0. The van der Waals surface area contributed by atoms with Crippen molar-refractivity contribution in [2.24, 2.45) is 0 Å². The van der Waals surface area contributed by atoms with E-state index >= 15 is 0 Å². The van der Waals surface area contributed by atoms with Gasteiger partial charge in [-0.15, -0.1) is 0 Å². The van der Waals surface area contributed by atoms with Crippen molar-refractivity contribution >= 4 is 17.7 Å². The Hall–Kier alpha value is -0.300. The van der Waals surface area contributed by atoms with Crippen molar-refractivity contribution in [2.45, 2.75) is 44.9 Å². The van der Waals surface area contributed by atoms with Crippen molar-refractivity contribution in [3.8, 4) is 0 Å². The molecule has 0 aliphatic carbocycles. The summed E-state index contributed by atoms with van der Waals surface area (Å²) in [7, 11) is 0. The Balaban J connectivity index is 1.82. The van der Waals surface area contributed by atoms with E-state index in [1.54, 1.807) is 0 Å². The van der Waals surface area contributed by atoms with Crippen LogP contribution in [0.3, 0.4) is 0 Å². The SMILES string of the molecule is CCC1CN(C(=O)CC2CSCCN2)CCN1CC(C)O. The van der Waals surface area contributed by atoms with E-state index in [2.05, 4.69) is 17.1 Å². The summed E-state index contributed by atoms with van der Waals surface area (Å²) in [6.45, 7) is 8.19. The lowest BCUT2D eigenvalue weighted by Crippen LogP contribution is -2.56. The zero-order valence-corrected chi connectivity index (χ0v) is 14.1. The molecule has 3 unspecified atom stereocenters. The second-order valence-electron chi connectivity index (χ2n) is 6.18. The van der Waals surface area contributed by atoms with Crippen LogP contribution in [0.5, 0.6) is 0 Å². The number of aliphatic hydroxyl groups excluding tert-OH is 1. The summed E-state index contributed by atoms with van der Waals surface area (Å²) >= 11 is 1.93. The number of piperazine rings is 1. The van der Waals surface area contributed by atoms with Crippen LogP contribution in [0.2, 0.25) is 0 Å². The highest BCUT2D eigenvalue weighted by Gasteiger charge is 2.30. The predicted octanol–water partition coefficient (Wildman–Crippen LogP) is 0.385. The van der Waals surface area contributed by atoms with Gasteiger partial charge < -0.3 is 15.3 Å². The van der Waals surface area contributed by atoms with Gasteiger partial charge in [-0.25, -0.2) is 0 Å². The Morgan fingerprint density at radius 2 is 2.29 bits per heavy atom. The van der Waals surface area contributed by atoms with E-state index in [1.807, 2.05) is 23.6 Å². The van der Waals surface area contributed by atoms with E-state index in [9.17, 15) is 9.90 Å². The molecule has 2 saturated heterocycles. The Morgan fingerprint density at radius 3 is 2.90 bits per heavy atom. The molecule has 2 aliphatic heterocycles. The number of aliphatic hydroxyl groups is 1. The lowest BCUT2D eigenvalue weighted by Gasteiger charge is -2.42. The summed E-state index contributed by atoms with van der Waals surface area (Å²) in [6.07, 6.45) is 1.35. The van der Waals surface area contributed by atoms with Gasteiger partial charge >= 0.3 is 0 Å². The predicted molar refractivity (Wildman–Crippen MR) is 87.6 cm³/mol. The lowest BCUT2D eigenvalue weighted by molar-refractivity contribution is -0.135. The van der Waals surface area contributed by atoms with E-state index in [0.29, 0.717) is 25.0 Å². The minimum Gasteiger partial charge on any atom is -0.392 e. The molecule has 3 atom stereocenters. The maximum Gasteiger partial charge on any atom is 0.224 e. The Labute approximate surface area is 132 Å². The fourth-order valence-electron chi connectivity index (χ4n) is 3.18. The van der Waals surface area contributed by atoms with Crippen molar-refractivity contribution in [3.63, 3.8) is 0 Å². The van der Waals surface area contributed by atoms with Crippen LogP contribution in [-0.4, -0.2) is 83.2 Å². The van der Waals surface area contributed by atoms with Gasteiger partial charge in [-0.05, 0) is 13.3 Å².